The summed E-state index contributed by atoms with van der Waals surface area (Å²) in [7, 11) is 0. The van der Waals surface area contributed by atoms with Gasteiger partial charge in [-0.2, -0.15) is 0 Å². The summed E-state index contributed by atoms with van der Waals surface area (Å²) in [6.45, 7) is 1.83. The Morgan fingerprint density at radius 2 is 1.53 bits per heavy atom. The average Bonchev–Trinajstić information content (AvgIpc) is 2.76. The average molecular weight is 472 g/mol. The van der Waals surface area contributed by atoms with Crippen molar-refractivity contribution < 1.29 is 69.7 Å². The number of carbonyl (C=O) groups is 1. The van der Waals surface area contributed by atoms with Gasteiger partial charge in [-0.25, -0.2) is 0 Å². The standard InChI is InChI=1S/C18H32O14/c1-5(21)15(10(24)7(22)3-19)31-18-16(13(27)9(23)6(2)29-18)32-17-14(28)12(26)11(25)8(4-20)30-17/h3,5-18,20-28H,4H2,1-2H3/t5-,6-,7-,8+,9-,10-,11+,12-,13+,14-,15-,16+,17-,18-/m0/s1. The van der Waals surface area contributed by atoms with Crippen molar-refractivity contribution in [2.45, 2.75) is 99.7 Å². The van der Waals surface area contributed by atoms with E-state index in [1.807, 2.05) is 0 Å². The predicted octanol–water partition coefficient (Wildman–Crippen LogP) is -5.68. The van der Waals surface area contributed by atoms with Crippen LogP contribution in [0.1, 0.15) is 13.8 Å². The number of carbonyl (C=O) groups excluding carboxylic acids is 1. The second kappa shape index (κ2) is 11.5. The van der Waals surface area contributed by atoms with Crippen LogP contribution in [-0.2, 0) is 23.7 Å². The quantitative estimate of drug-likeness (QED) is 0.142. The Labute approximate surface area is 183 Å². The van der Waals surface area contributed by atoms with Crippen LogP contribution in [0.4, 0.5) is 0 Å². The van der Waals surface area contributed by atoms with Gasteiger partial charge in [0, 0.05) is 0 Å². The molecule has 32 heavy (non-hydrogen) atoms. The molecule has 14 atom stereocenters. The van der Waals surface area contributed by atoms with Crippen molar-refractivity contribution in [3.05, 3.63) is 0 Å². The van der Waals surface area contributed by atoms with Crippen LogP contribution >= 0.6 is 0 Å². The van der Waals surface area contributed by atoms with Gasteiger partial charge in [0.25, 0.3) is 0 Å². The highest BCUT2D eigenvalue weighted by molar-refractivity contribution is 5.56. The van der Waals surface area contributed by atoms with Crippen LogP contribution in [0.15, 0.2) is 0 Å². The maximum Gasteiger partial charge on any atom is 0.187 e. The fourth-order valence-electron chi connectivity index (χ4n) is 3.50. The van der Waals surface area contributed by atoms with E-state index in [0.717, 1.165) is 0 Å². The van der Waals surface area contributed by atoms with E-state index in [1.54, 1.807) is 0 Å². The second-order valence-electron chi connectivity index (χ2n) is 7.95. The van der Waals surface area contributed by atoms with E-state index in [0.29, 0.717) is 0 Å². The lowest BCUT2D eigenvalue weighted by atomic mass is 9.97. The summed E-state index contributed by atoms with van der Waals surface area (Å²) in [6.07, 6.45) is -22.8. The minimum atomic E-state index is -1.92. The highest BCUT2D eigenvalue weighted by atomic mass is 16.8. The van der Waals surface area contributed by atoms with Crippen LogP contribution in [0.25, 0.3) is 0 Å². The lowest BCUT2D eigenvalue weighted by molar-refractivity contribution is -0.374. The molecule has 2 aliphatic heterocycles. The van der Waals surface area contributed by atoms with Crippen LogP contribution in [-0.4, -0.2) is 145 Å². The molecule has 14 nitrogen and oxygen atoms in total. The summed E-state index contributed by atoms with van der Waals surface area (Å²) in [6, 6.07) is 0. The third-order valence-corrected chi connectivity index (χ3v) is 5.52. The monoisotopic (exact) mass is 472 g/mol. The third kappa shape index (κ3) is 5.79. The molecule has 0 aliphatic carbocycles. The van der Waals surface area contributed by atoms with Gasteiger partial charge in [-0.1, -0.05) is 0 Å². The van der Waals surface area contributed by atoms with E-state index in [2.05, 4.69) is 0 Å². The Kier molecular flexibility index (Phi) is 9.87. The normalized spacial score (nSPS) is 44.5. The van der Waals surface area contributed by atoms with Gasteiger partial charge in [-0.15, -0.1) is 0 Å². The first-order valence-corrected chi connectivity index (χ1v) is 10.1. The van der Waals surface area contributed by atoms with E-state index in [1.165, 1.54) is 13.8 Å². The molecule has 14 heteroatoms. The number of hydrogen-bond donors (Lipinski definition) is 9. The van der Waals surface area contributed by atoms with Gasteiger partial charge in [-0.3, -0.25) is 0 Å². The van der Waals surface area contributed by atoms with Crippen LogP contribution in [0, 0.1) is 0 Å². The first-order valence-electron chi connectivity index (χ1n) is 10.1. The van der Waals surface area contributed by atoms with Crippen molar-refractivity contribution in [2.75, 3.05) is 6.61 Å². The number of aldehydes is 1. The summed E-state index contributed by atoms with van der Waals surface area (Å²) in [5, 5.41) is 89.7. The summed E-state index contributed by atoms with van der Waals surface area (Å²) in [5.74, 6) is 0. The van der Waals surface area contributed by atoms with Crippen molar-refractivity contribution in [3.63, 3.8) is 0 Å². The van der Waals surface area contributed by atoms with Gasteiger partial charge in [0.15, 0.2) is 18.9 Å². The molecule has 9 N–H and O–H groups in total. The van der Waals surface area contributed by atoms with E-state index >= 15 is 0 Å². The molecule has 2 fully saturated rings. The summed E-state index contributed by atoms with van der Waals surface area (Å²) in [4.78, 5) is 10.8. The van der Waals surface area contributed by atoms with E-state index in [9.17, 15) is 50.8 Å². The van der Waals surface area contributed by atoms with E-state index in [-0.39, 0.29) is 6.29 Å². The Morgan fingerprint density at radius 3 is 2.06 bits per heavy atom. The Morgan fingerprint density at radius 1 is 0.906 bits per heavy atom. The Balaban J connectivity index is 2.27. The fraction of sp³-hybridized carbons (Fsp3) is 0.944. The summed E-state index contributed by atoms with van der Waals surface area (Å²) < 4.78 is 21.6. The van der Waals surface area contributed by atoms with Gasteiger partial charge in [0.1, 0.15) is 61.0 Å². The molecule has 0 spiro atoms. The molecule has 0 bridgehead atoms. The zero-order valence-electron chi connectivity index (χ0n) is 17.4. The number of aliphatic hydroxyl groups excluding tert-OH is 9. The number of aliphatic hydroxyl groups is 9. The minimum absolute atomic E-state index is 0.0221. The molecule has 2 aliphatic rings. The molecule has 188 valence electrons. The van der Waals surface area contributed by atoms with Crippen molar-refractivity contribution in [3.8, 4) is 0 Å². The van der Waals surface area contributed by atoms with Crippen LogP contribution in [0.2, 0.25) is 0 Å². The van der Waals surface area contributed by atoms with Gasteiger partial charge in [0.05, 0.1) is 18.8 Å². The lowest BCUT2D eigenvalue weighted by Crippen LogP contribution is -2.64. The van der Waals surface area contributed by atoms with E-state index in [4.69, 9.17) is 18.9 Å². The highest BCUT2D eigenvalue weighted by Gasteiger charge is 2.51. The summed E-state index contributed by atoms with van der Waals surface area (Å²) >= 11 is 0. The Hall–Kier alpha value is -0.850. The topological polar surface area (TPSA) is 236 Å². The van der Waals surface area contributed by atoms with Gasteiger partial charge < -0.3 is 69.7 Å². The van der Waals surface area contributed by atoms with Gasteiger partial charge in [0.2, 0.25) is 0 Å². The molecule has 0 radical (unpaired) electrons. The molecule has 0 aromatic heterocycles. The molecule has 0 aromatic carbocycles. The largest absolute Gasteiger partial charge is 0.394 e. The molecular weight excluding hydrogens is 440 g/mol. The van der Waals surface area contributed by atoms with E-state index < -0.39 is 92.4 Å². The molecule has 2 saturated heterocycles. The molecule has 2 rings (SSSR count). The first-order chi connectivity index (χ1) is 14.9. The lowest BCUT2D eigenvalue weighted by Gasteiger charge is -2.46. The van der Waals surface area contributed by atoms with Crippen molar-refractivity contribution in [1.82, 2.24) is 0 Å². The van der Waals surface area contributed by atoms with Gasteiger partial charge in [-0.05, 0) is 13.8 Å². The van der Waals surface area contributed by atoms with Crippen molar-refractivity contribution in [1.29, 1.82) is 0 Å². The van der Waals surface area contributed by atoms with Crippen LogP contribution in [0.3, 0.4) is 0 Å². The molecule has 2 heterocycles. The molecule has 0 amide bonds. The van der Waals surface area contributed by atoms with Crippen LogP contribution < -0.4 is 0 Å². The minimum Gasteiger partial charge on any atom is -0.394 e. The van der Waals surface area contributed by atoms with Gasteiger partial charge >= 0.3 is 0 Å². The number of rotatable bonds is 9. The molecule has 0 aromatic rings. The maximum absolute atomic E-state index is 10.8. The number of ether oxygens (including phenoxy) is 4. The highest BCUT2D eigenvalue weighted by Crippen LogP contribution is 2.30. The smallest absolute Gasteiger partial charge is 0.187 e. The second-order valence-corrected chi connectivity index (χ2v) is 7.95. The molecule has 0 saturated carbocycles. The zero-order valence-corrected chi connectivity index (χ0v) is 17.4. The fourth-order valence-corrected chi connectivity index (χ4v) is 3.50. The third-order valence-electron chi connectivity index (χ3n) is 5.52. The summed E-state index contributed by atoms with van der Waals surface area (Å²) in [5.41, 5.74) is 0. The SMILES string of the molecule is C[C@H](O)[C@H](O[C@@H]1O[C@@H](C)[C@H](O)[C@@H](O)[C@H]1O[C@@H]1O[C@H](CO)[C@@H](O)[C@H](O)[C@@H]1O)[C@@H](O)[C@@H](O)C=O. The van der Waals surface area contributed by atoms with Crippen LogP contribution in [0.5, 0.6) is 0 Å². The zero-order chi connectivity index (χ0) is 24.3. The molecular formula is C18H32O14. The Bertz CT molecular complexity index is 590. The predicted molar refractivity (Wildman–Crippen MR) is 99.6 cm³/mol. The first kappa shape index (κ1) is 27.4. The number of hydrogen-bond acceptors (Lipinski definition) is 14. The van der Waals surface area contributed by atoms with Crippen molar-refractivity contribution >= 4 is 6.29 Å². The maximum atomic E-state index is 10.8. The molecule has 0 unspecified atom stereocenters. The van der Waals surface area contributed by atoms with Crippen molar-refractivity contribution in [2.24, 2.45) is 0 Å².